The van der Waals surface area contributed by atoms with Crippen molar-refractivity contribution in [1.82, 2.24) is 15.3 Å². The van der Waals surface area contributed by atoms with E-state index in [1.165, 1.54) is 31.6 Å². The summed E-state index contributed by atoms with van der Waals surface area (Å²) in [6, 6.07) is 4.29. The van der Waals surface area contributed by atoms with E-state index in [2.05, 4.69) is 20.0 Å². The van der Waals surface area contributed by atoms with Gasteiger partial charge < -0.3 is 24.2 Å². The maximum absolute atomic E-state index is 12.5. The second-order valence-electron chi connectivity index (χ2n) is 5.49. The van der Waals surface area contributed by atoms with Crippen LogP contribution in [0.4, 0.5) is 8.78 Å². The number of ether oxygens (including phenoxy) is 2. The zero-order chi connectivity index (χ0) is 19.6. The quantitative estimate of drug-likeness (QED) is 0.681. The number of benzene rings is 1. The molecular formula is C17H15F2N3O5. The van der Waals surface area contributed by atoms with Gasteiger partial charge in [-0.2, -0.15) is 8.78 Å². The highest BCUT2D eigenvalue weighted by atomic mass is 19.3. The number of carbonyl (C=O) groups excluding carboxylic acids is 1. The van der Waals surface area contributed by atoms with Crippen molar-refractivity contribution in [2.24, 2.45) is 0 Å². The monoisotopic (exact) mass is 379 g/mol. The molecule has 2 aromatic heterocycles. The van der Waals surface area contributed by atoms with Gasteiger partial charge in [0.15, 0.2) is 11.5 Å². The number of aromatic amines is 1. The summed E-state index contributed by atoms with van der Waals surface area (Å²) in [6.07, 6.45) is 1.19. The summed E-state index contributed by atoms with van der Waals surface area (Å²) < 4.78 is 39.5. The first-order valence-electron chi connectivity index (χ1n) is 7.77. The van der Waals surface area contributed by atoms with E-state index in [0.29, 0.717) is 5.56 Å². The molecule has 0 radical (unpaired) electrons. The minimum atomic E-state index is -2.98. The third kappa shape index (κ3) is 3.73. The molecule has 0 atom stereocenters. The SMILES string of the molecule is COc1cc(CNC(=O)c2c(C)oc3nc[nH]c(=O)c23)ccc1OC(F)F. The van der Waals surface area contributed by atoms with Crippen LogP contribution < -0.4 is 20.3 Å². The number of amides is 1. The lowest BCUT2D eigenvalue weighted by atomic mass is 10.1. The van der Waals surface area contributed by atoms with Gasteiger partial charge in [0.1, 0.15) is 11.1 Å². The van der Waals surface area contributed by atoms with Gasteiger partial charge in [0.25, 0.3) is 11.5 Å². The van der Waals surface area contributed by atoms with Crippen LogP contribution in [0.3, 0.4) is 0 Å². The van der Waals surface area contributed by atoms with Gasteiger partial charge >= 0.3 is 6.61 Å². The highest BCUT2D eigenvalue weighted by Gasteiger charge is 2.21. The van der Waals surface area contributed by atoms with Gasteiger partial charge in [-0.15, -0.1) is 0 Å². The van der Waals surface area contributed by atoms with E-state index in [4.69, 9.17) is 9.15 Å². The third-order valence-corrected chi connectivity index (χ3v) is 3.79. The third-order valence-electron chi connectivity index (χ3n) is 3.79. The predicted octanol–water partition coefficient (Wildman–Crippen LogP) is 2.36. The highest BCUT2D eigenvalue weighted by molar-refractivity contribution is 6.06. The minimum absolute atomic E-state index is 0.0609. The summed E-state index contributed by atoms with van der Waals surface area (Å²) in [5.74, 6) is -0.286. The number of H-pyrrole nitrogens is 1. The topological polar surface area (TPSA) is 106 Å². The smallest absolute Gasteiger partial charge is 0.387 e. The molecule has 0 aliphatic carbocycles. The van der Waals surface area contributed by atoms with Gasteiger partial charge in [-0.3, -0.25) is 9.59 Å². The number of hydrogen-bond donors (Lipinski definition) is 2. The van der Waals surface area contributed by atoms with Crippen molar-refractivity contribution in [2.75, 3.05) is 7.11 Å². The molecule has 1 aromatic carbocycles. The Bertz CT molecular complexity index is 1040. The van der Waals surface area contributed by atoms with Crippen LogP contribution in [-0.2, 0) is 6.54 Å². The Hall–Kier alpha value is -3.43. The number of furan rings is 1. The molecular weight excluding hydrogens is 364 g/mol. The Balaban J connectivity index is 1.80. The van der Waals surface area contributed by atoms with Crippen LogP contribution in [0.1, 0.15) is 21.7 Å². The van der Waals surface area contributed by atoms with Crippen LogP contribution >= 0.6 is 0 Å². The predicted molar refractivity (Wildman–Crippen MR) is 90.2 cm³/mol. The molecule has 27 heavy (non-hydrogen) atoms. The van der Waals surface area contributed by atoms with E-state index in [1.54, 1.807) is 6.92 Å². The number of fused-ring (bicyclic) bond motifs is 1. The van der Waals surface area contributed by atoms with Gasteiger partial charge in [-0.25, -0.2) is 4.98 Å². The molecule has 0 unspecified atom stereocenters. The molecule has 0 bridgehead atoms. The molecule has 2 N–H and O–H groups in total. The van der Waals surface area contributed by atoms with Crippen LogP contribution in [0.25, 0.3) is 11.1 Å². The number of nitrogens with one attached hydrogen (secondary N) is 2. The van der Waals surface area contributed by atoms with Crippen molar-refractivity contribution in [3.05, 3.63) is 51.8 Å². The van der Waals surface area contributed by atoms with Gasteiger partial charge in [0.2, 0.25) is 5.71 Å². The fourth-order valence-corrected chi connectivity index (χ4v) is 2.61. The van der Waals surface area contributed by atoms with Crippen LogP contribution in [0.2, 0.25) is 0 Å². The number of methoxy groups -OCH3 is 1. The summed E-state index contributed by atoms with van der Waals surface area (Å²) >= 11 is 0. The number of alkyl halides is 2. The molecule has 8 nitrogen and oxygen atoms in total. The van der Waals surface area contributed by atoms with Crippen LogP contribution in [0, 0.1) is 6.92 Å². The van der Waals surface area contributed by atoms with Gasteiger partial charge in [-0.1, -0.05) is 6.07 Å². The van der Waals surface area contributed by atoms with Crippen LogP contribution in [-0.4, -0.2) is 29.6 Å². The molecule has 0 saturated carbocycles. The molecule has 3 rings (SSSR count). The number of rotatable bonds is 6. The molecule has 3 aromatic rings. The second-order valence-corrected chi connectivity index (χ2v) is 5.49. The van der Waals surface area contributed by atoms with Crippen molar-refractivity contribution >= 4 is 17.0 Å². The zero-order valence-corrected chi connectivity index (χ0v) is 14.3. The second kappa shape index (κ2) is 7.44. The summed E-state index contributed by atoms with van der Waals surface area (Å²) in [5.41, 5.74) is 0.247. The Labute approximate surface area is 151 Å². The fraction of sp³-hybridized carbons (Fsp3) is 0.235. The van der Waals surface area contributed by atoms with Crippen molar-refractivity contribution < 1.29 is 27.5 Å². The van der Waals surface area contributed by atoms with Gasteiger partial charge in [0.05, 0.1) is 19.0 Å². The number of aryl methyl sites for hydroxylation is 1. The maximum Gasteiger partial charge on any atom is 0.387 e. The summed E-state index contributed by atoms with van der Waals surface area (Å²) in [4.78, 5) is 30.8. The minimum Gasteiger partial charge on any atom is -0.493 e. The van der Waals surface area contributed by atoms with E-state index in [0.717, 1.165) is 0 Å². The van der Waals surface area contributed by atoms with E-state index in [1.807, 2.05) is 0 Å². The lowest BCUT2D eigenvalue weighted by Crippen LogP contribution is -2.24. The summed E-state index contributed by atoms with van der Waals surface area (Å²) in [7, 11) is 1.32. The molecule has 0 fully saturated rings. The highest BCUT2D eigenvalue weighted by Crippen LogP contribution is 2.29. The van der Waals surface area contributed by atoms with E-state index >= 15 is 0 Å². The van der Waals surface area contributed by atoms with Crippen molar-refractivity contribution in [3.63, 3.8) is 0 Å². The fourth-order valence-electron chi connectivity index (χ4n) is 2.61. The van der Waals surface area contributed by atoms with E-state index in [9.17, 15) is 18.4 Å². The first-order chi connectivity index (χ1) is 12.9. The van der Waals surface area contributed by atoms with Crippen molar-refractivity contribution in [2.45, 2.75) is 20.1 Å². The molecule has 0 aliphatic rings. The van der Waals surface area contributed by atoms with E-state index < -0.39 is 18.1 Å². The molecule has 0 spiro atoms. The largest absolute Gasteiger partial charge is 0.493 e. The van der Waals surface area contributed by atoms with Gasteiger partial charge in [0, 0.05) is 6.54 Å². The number of carbonyl (C=O) groups is 1. The standard InChI is InChI=1S/C17H15F2N3O5/c1-8-12(13-15(24)21-7-22-16(13)26-8)14(23)20-6-9-3-4-10(27-17(18)19)11(5-9)25-2/h3-5,7,17H,6H2,1-2H3,(H,20,23)(H,21,22,24). The normalized spacial score (nSPS) is 11.0. The zero-order valence-electron chi connectivity index (χ0n) is 14.3. The maximum atomic E-state index is 12.5. The number of halogens is 2. The van der Waals surface area contributed by atoms with Crippen molar-refractivity contribution in [3.8, 4) is 11.5 Å². The molecule has 1 amide bonds. The molecule has 0 aliphatic heterocycles. The summed E-state index contributed by atoms with van der Waals surface area (Å²) in [6.45, 7) is -1.36. The molecule has 142 valence electrons. The lowest BCUT2D eigenvalue weighted by Gasteiger charge is -2.12. The Morgan fingerprint density at radius 2 is 2.15 bits per heavy atom. The Morgan fingerprint density at radius 1 is 1.37 bits per heavy atom. The average molecular weight is 379 g/mol. The first-order valence-corrected chi connectivity index (χ1v) is 7.77. The average Bonchev–Trinajstić information content (AvgIpc) is 2.97. The van der Waals surface area contributed by atoms with Gasteiger partial charge in [-0.05, 0) is 24.6 Å². The number of hydrogen-bond acceptors (Lipinski definition) is 6. The molecule has 2 heterocycles. The van der Waals surface area contributed by atoms with E-state index in [-0.39, 0.29) is 40.5 Å². The Morgan fingerprint density at radius 3 is 2.85 bits per heavy atom. The van der Waals surface area contributed by atoms with Crippen molar-refractivity contribution in [1.29, 1.82) is 0 Å². The number of aromatic nitrogens is 2. The van der Waals surface area contributed by atoms with Crippen LogP contribution in [0.15, 0.2) is 33.7 Å². The lowest BCUT2D eigenvalue weighted by molar-refractivity contribution is -0.0512. The molecule has 0 saturated heterocycles. The summed E-state index contributed by atoms with van der Waals surface area (Å²) in [5, 5.41) is 2.71. The first kappa shape index (κ1) is 18.4. The van der Waals surface area contributed by atoms with Crippen LogP contribution in [0.5, 0.6) is 11.5 Å². The molecule has 10 heteroatoms. The number of nitrogens with zero attached hydrogens (tertiary/aromatic N) is 1. The Kier molecular flexibility index (Phi) is 5.06.